The van der Waals surface area contributed by atoms with Crippen molar-refractivity contribution in [1.29, 1.82) is 0 Å². The van der Waals surface area contributed by atoms with Gasteiger partial charge in [-0.25, -0.2) is 0 Å². The van der Waals surface area contributed by atoms with E-state index in [1.807, 2.05) is 13.8 Å². The fourth-order valence-electron chi connectivity index (χ4n) is 2.22. The fraction of sp³-hybridized carbons (Fsp3) is 0.917. The Kier molecular flexibility index (Phi) is 5.22. The zero-order chi connectivity index (χ0) is 12.1. The molecule has 94 valence electrons. The first-order valence-electron chi connectivity index (χ1n) is 5.93. The van der Waals surface area contributed by atoms with Crippen LogP contribution in [-0.2, 0) is 14.3 Å². The number of methoxy groups -OCH3 is 1. The maximum absolute atomic E-state index is 11.3. The van der Waals surface area contributed by atoms with Crippen molar-refractivity contribution in [3.8, 4) is 0 Å². The zero-order valence-corrected chi connectivity index (χ0v) is 10.3. The van der Waals surface area contributed by atoms with Gasteiger partial charge in [-0.15, -0.1) is 0 Å². The Balaban J connectivity index is 2.53. The zero-order valence-electron chi connectivity index (χ0n) is 10.3. The first-order valence-corrected chi connectivity index (χ1v) is 5.93. The summed E-state index contributed by atoms with van der Waals surface area (Å²) in [5, 5.41) is 9.61. The highest BCUT2D eigenvalue weighted by Crippen LogP contribution is 2.30. The summed E-state index contributed by atoms with van der Waals surface area (Å²) in [6.45, 7) is 3.94. The van der Waals surface area contributed by atoms with Crippen molar-refractivity contribution in [3.05, 3.63) is 0 Å². The summed E-state index contributed by atoms with van der Waals surface area (Å²) in [5.74, 6) is -0.0167. The molecule has 1 rings (SSSR count). The maximum atomic E-state index is 11.3. The number of rotatable bonds is 4. The molecular weight excluding hydrogens is 208 g/mol. The first-order chi connectivity index (χ1) is 7.52. The van der Waals surface area contributed by atoms with Crippen molar-refractivity contribution in [2.45, 2.75) is 57.8 Å². The lowest BCUT2D eigenvalue weighted by atomic mass is 9.82. The second kappa shape index (κ2) is 6.21. The van der Waals surface area contributed by atoms with Gasteiger partial charge in [0.05, 0.1) is 31.8 Å². The first kappa shape index (κ1) is 13.5. The number of hydrogen-bond acceptors (Lipinski definition) is 4. The normalized spacial score (nSPS) is 30.4. The van der Waals surface area contributed by atoms with Crippen LogP contribution in [0, 0.1) is 5.92 Å². The van der Waals surface area contributed by atoms with Gasteiger partial charge in [0.1, 0.15) is 0 Å². The predicted molar refractivity (Wildman–Crippen MR) is 60.0 cm³/mol. The van der Waals surface area contributed by atoms with Crippen molar-refractivity contribution in [1.82, 2.24) is 0 Å². The van der Waals surface area contributed by atoms with Crippen molar-refractivity contribution in [3.63, 3.8) is 0 Å². The van der Waals surface area contributed by atoms with Crippen LogP contribution in [0.25, 0.3) is 0 Å². The van der Waals surface area contributed by atoms with Crippen LogP contribution in [-0.4, -0.2) is 36.5 Å². The van der Waals surface area contributed by atoms with Crippen LogP contribution in [0.15, 0.2) is 0 Å². The predicted octanol–water partition coefficient (Wildman–Crippen LogP) is 1.50. The summed E-state index contributed by atoms with van der Waals surface area (Å²) >= 11 is 0. The Morgan fingerprint density at radius 1 is 1.44 bits per heavy atom. The fourth-order valence-corrected chi connectivity index (χ4v) is 2.22. The van der Waals surface area contributed by atoms with E-state index in [2.05, 4.69) is 4.74 Å². The average molecular weight is 230 g/mol. The molecule has 0 aromatic heterocycles. The van der Waals surface area contributed by atoms with Gasteiger partial charge in [0.15, 0.2) is 0 Å². The van der Waals surface area contributed by atoms with Crippen LogP contribution >= 0.6 is 0 Å². The molecule has 1 aliphatic rings. The lowest BCUT2D eigenvalue weighted by Crippen LogP contribution is -2.37. The number of carbonyl (C=O) groups is 1. The van der Waals surface area contributed by atoms with Gasteiger partial charge in [-0.2, -0.15) is 0 Å². The molecule has 1 N–H and O–H groups in total. The number of hydrogen-bond donors (Lipinski definition) is 1. The minimum atomic E-state index is -0.294. The molecule has 1 fully saturated rings. The lowest BCUT2D eigenvalue weighted by molar-refractivity contribution is -0.146. The van der Waals surface area contributed by atoms with E-state index in [0.717, 1.165) is 12.8 Å². The van der Waals surface area contributed by atoms with E-state index in [1.54, 1.807) is 0 Å². The standard InChI is InChI=1S/C12H22O4/c1-8(2)16-11-7-10(13)5-4-9(11)6-12(14)15-3/h8-11,13H,4-7H2,1-3H3. The number of aliphatic hydroxyl groups is 1. The quantitative estimate of drug-likeness (QED) is 0.744. The maximum Gasteiger partial charge on any atom is 0.305 e. The van der Waals surface area contributed by atoms with Crippen LogP contribution < -0.4 is 0 Å². The molecule has 4 nitrogen and oxygen atoms in total. The van der Waals surface area contributed by atoms with Gasteiger partial charge in [-0.3, -0.25) is 4.79 Å². The second-order valence-corrected chi connectivity index (χ2v) is 4.73. The number of ether oxygens (including phenoxy) is 2. The highest BCUT2D eigenvalue weighted by Gasteiger charge is 2.32. The Labute approximate surface area is 96.9 Å². The molecule has 16 heavy (non-hydrogen) atoms. The van der Waals surface area contributed by atoms with E-state index in [1.165, 1.54) is 7.11 Å². The Morgan fingerprint density at radius 3 is 2.69 bits per heavy atom. The van der Waals surface area contributed by atoms with Gasteiger partial charge >= 0.3 is 5.97 Å². The highest BCUT2D eigenvalue weighted by molar-refractivity contribution is 5.69. The van der Waals surface area contributed by atoms with Crippen molar-refractivity contribution in [2.24, 2.45) is 5.92 Å². The molecule has 3 unspecified atom stereocenters. The molecule has 3 atom stereocenters. The second-order valence-electron chi connectivity index (χ2n) is 4.73. The van der Waals surface area contributed by atoms with Gasteiger partial charge in [0.25, 0.3) is 0 Å². The average Bonchev–Trinajstić information content (AvgIpc) is 2.21. The Hall–Kier alpha value is -0.610. The van der Waals surface area contributed by atoms with Crippen LogP contribution in [0.5, 0.6) is 0 Å². The number of aliphatic hydroxyl groups excluding tert-OH is 1. The van der Waals surface area contributed by atoms with E-state index in [9.17, 15) is 9.90 Å². The van der Waals surface area contributed by atoms with Crippen LogP contribution in [0.1, 0.15) is 39.5 Å². The smallest absolute Gasteiger partial charge is 0.305 e. The SMILES string of the molecule is COC(=O)CC1CCC(O)CC1OC(C)C. The molecule has 0 bridgehead atoms. The Morgan fingerprint density at radius 2 is 2.12 bits per heavy atom. The van der Waals surface area contributed by atoms with Gasteiger partial charge in [-0.05, 0) is 39.0 Å². The third-order valence-corrected chi connectivity index (χ3v) is 3.00. The van der Waals surface area contributed by atoms with E-state index in [4.69, 9.17) is 4.74 Å². The minimum absolute atomic E-state index is 0.0251. The van der Waals surface area contributed by atoms with Crippen LogP contribution in [0.3, 0.4) is 0 Å². The summed E-state index contributed by atoms with van der Waals surface area (Å²) in [5.41, 5.74) is 0. The molecule has 4 heteroatoms. The topological polar surface area (TPSA) is 55.8 Å². The van der Waals surface area contributed by atoms with Crippen molar-refractivity contribution < 1.29 is 19.4 Å². The summed E-state index contributed by atoms with van der Waals surface area (Å²) in [7, 11) is 1.40. The molecule has 0 aliphatic heterocycles. The van der Waals surface area contributed by atoms with Crippen LogP contribution in [0.2, 0.25) is 0 Å². The van der Waals surface area contributed by atoms with E-state index in [0.29, 0.717) is 12.8 Å². The van der Waals surface area contributed by atoms with Gasteiger partial charge < -0.3 is 14.6 Å². The molecule has 0 heterocycles. The molecule has 0 amide bonds. The molecule has 1 aliphatic carbocycles. The van der Waals surface area contributed by atoms with Gasteiger partial charge in [0, 0.05) is 0 Å². The highest BCUT2D eigenvalue weighted by atomic mass is 16.5. The monoisotopic (exact) mass is 230 g/mol. The number of esters is 1. The van der Waals surface area contributed by atoms with Crippen LogP contribution in [0.4, 0.5) is 0 Å². The van der Waals surface area contributed by atoms with Gasteiger partial charge in [-0.1, -0.05) is 0 Å². The molecule has 0 radical (unpaired) electrons. The largest absolute Gasteiger partial charge is 0.469 e. The molecule has 0 aromatic rings. The molecule has 1 saturated carbocycles. The summed E-state index contributed by atoms with van der Waals surface area (Å²) < 4.78 is 10.4. The summed E-state index contributed by atoms with van der Waals surface area (Å²) in [4.78, 5) is 11.3. The summed E-state index contributed by atoms with van der Waals surface area (Å²) in [6, 6.07) is 0. The van der Waals surface area contributed by atoms with Crippen molar-refractivity contribution in [2.75, 3.05) is 7.11 Å². The molecule has 0 saturated heterocycles. The van der Waals surface area contributed by atoms with Gasteiger partial charge in [0.2, 0.25) is 0 Å². The third kappa shape index (κ3) is 4.10. The minimum Gasteiger partial charge on any atom is -0.469 e. The molecule has 0 aromatic carbocycles. The number of carbonyl (C=O) groups excluding carboxylic acids is 1. The van der Waals surface area contributed by atoms with E-state index < -0.39 is 0 Å². The Bertz CT molecular complexity index is 225. The van der Waals surface area contributed by atoms with E-state index >= 15 is 0 Å². The molecular formula is C12H22O4. The van der Waals surface area contributed by atoms with E-state index in [-0.39, 0.29) is 30.2 Å². The summed E-state index contributed by atoms with van der Waals surface area (Å²) in [6.07, 6.45) is 2.39. The third-order valence-electron chi connectivity index (χ3n) is 3.00. The lowest BCUT2D eigenvalue weighted by Gasteiger charge is -2.34. The molecule has 0 spiro atoms. The van der Waals surface area contributed by atoms with Crippen molar-refractivity contribution >= 4 is 5.97 Å².